The SMILES string of the molecule is C=CC(=O)Nc1cccc(Oc2cnc3[nH]cc(-c4cn(Cc5ccccn5)nc4C=CC(C)=O)c3n2)c1. The van der Waals surface area contributed by atoms with Crippen LogP contribution in [0.25, 0.3) is 28.4 Å². The molecule has 2 N–H and O–H groups in total. The van der Waals surface area contributed by atoms with Crippen molar-refractivity contribution in [1.82, 2.24) is 29.7 Å². The second-order valence-electron chi connectivity index (χ2n) is 8.32. The number of anilines is 1. The van der Waals surface area contributed by atoms with Crippen LogP contribution >= 0.6 is 0 Å². The Labute approximate surface area is 217 Å². The summed E-state index contributed by atoms with van der Waals surface area (Å²) >= 11 is 0. The molecule has 4 heterocycles. The number of ketones is 1. The van der Waals surface area contributed by atoms with Gasteiger partial charge in [-0.05, 0) is 49.4 Å². The average molecular weight is 506 g/mol. The van der Waals surface area contributed by atoms with Crippen LogP contribution in [0.1, 0.15) is 18.3 Å². The van der Waals surface area contributed by atoms with Crippen molar-refractivity contribution in [2.24, 2.45) is 0 Å². The number of amides is 1. The summed E-state index contributed by atoms with van der Waals surface area (Å²) in [5.74, 6) is 0.341. The van der Waals surface area contributed by atoms with Gasteiger partial charge in [-0.1, -0.05) is 18.7 Å². The van der Waals surface area contributed by atoms with Crippen LogP contribution in [-0.4, -0.2) is 41.4 Å². The molecular formula is C28H23N7O3. The maximum absolute atomic E-state index is 11.6. The van der Waals surface area contributed by atoms with E-state index in [-0.39, 0.29) is 17.6 Å². The summed E-state index contributed by atoms with van der Waals surface area (Å²) in [7, 11) is 0. The van der Waals surface area contributed by atoms with Crippen molar-refractivity contribution >= 4 is 34.6 Å². The third-order valence-electron chi connectivity index (χ3n) is 5.47. The summed E-state index contributed by atoms with van der Waals surface area (Å²) in [6.45, 7) is 5.41. The van der Waals surface area contributed by atoms with Crippen LogP contribution in [-0.2, 0) is 16.1 Å². The van der Waals surface area contributed by atoms with E-state index in [0.29, 0.717) is 34.8 Å². The lowest BCUT2D eigenvalue weighted by molar-refractivity contribution is -0.113. The Kier molecular flexibility index (Phi) is 6.85. The van der Waals surface area contributed by atoms with Gasteiger partial charge in [0.05, 0.1) is 24.1 Å². The van der Waals surface area contributed by atoms with E-state index in [9.17, 15) is 9.59 Å². The number of ether oxygens (including phenoxy) is 1. The van der Waals surface area contributed by atoms with Crippen molar-refractivity contribution in [3.05, 3.63) is 97.4 Å². The Morgan fingerprint density at radius 2 is 2.05 bits per heavy atom. The number of hydrogen-bond donors (Lipinski definition) is 2. The largest absolute Gasteiger partial charge is 0.437 e. The number of carbonyl (C=O) groups is 2. The van der Waals surface area contributed by atoms with Crippen LogP contribution in [0.5, 0.6) is 11.6 Å². The molecule has 10 heteroatoms. The molecule has 0 radical (unpaired) electrons. The predicted octanol–water partition coefficient (Wildman–Crippen LogP) is 4.78. The van der Waals surface area contributed by atoms with Gasteiger partial charge in [-0.2, -0.15) is 5.10 Å². The molecule has 38 heavy (non-hydrogen) atoms. The molecule has 188 valence electrons. The number of hydrogen-bond acceptors (Lipinski definition) is 7. The van der Waals surface area contributed by atoms with Crippen molar-refractivity contribution in [3.63, 3.8) is 0 Å². The molecule has 4 aromatic heterocycles. The number of aromatic nitrogens is 6. The van der Waals surface area contributed by atoms with Gasteiger partial charge >= 0.3 is 0 Å². The number of nitrogens with one attached hydrogen (secondary N) is 2. The van der Waals surface area contributed by atoms with Crippen LogP contribution in [0.4, 0.5) is 5.69 Å². The summed E-state index contributed by atoms with van der Waals surface area (Å²) in [5, 5.41) is 7.37. The van der Waals surface area contributed by atoms with Crippen LogP contribution in [0.15, 0.2) is 86.0 Å². The van der Waals surface area contributed by atoms with Gasteiger partial charge < -0.3 is 15.0 Å². The molecule has 1 aromatic carbocycles. The van der Waals surface area contributed by atoms with Crippen molar-refractivity contribution in [2.45, 2.75) is 13.5 Å². The van der Waals surface area contributed by atoms with Gasteiger partial charge in [0.15, 0.2) is 11.4 Å². The highest BCUT2D eigenvalue weighted by atomic mass is 16.5. The van der Waals surface area contributed by atoms with Crippen LogP contribution in [0, 0.1) is 0 Å². The fraction of sp³-hybridized carbons (Fsp3) is 0.0714. The molecule has 0 aliphatic carbocycles. The number of allylic oxidation sites excluding steroid dienone is 1. The van der Waals surface area contributed by atoms with Gasteiger partial charge in [0.1, 0.15) is 11.3 Å². The van der Waals surface area contributed by atoms with E-state index >= 15 is 0 Å². The normalized spacial score (nSPS) is 11.1. The molecule has 0 atom stereocenters. The number of H-pyrrole nitrogens is 1. The first-order valence-electron chi connectivity index (χ1n) is 11.7. The van der Waals surface area contributed by atoms with Crippen LogP contribution < -0.4 is 10.1 Å². The van der Waals surface area contributed by atoms with E-state index in [1.54, 1.807) is 47.4 Å². The Bertz CT molecular complexity index is 1670. The molecule has 0 unspecified atom stereocenters. The van der Waals surface area contributed by atoms with Crippen molar-refractivity contribution in [1.29, 1.82) is 0 Å². The number of rotatable bonds is 9. The second-order valence-corrected chi connectivity index (χ2v) is 8.32. The third kappa shape index (κ3) is 5.54. The molecule has 0 saturated carbocycles. The molecule has 0 aliphatic heterocycles. The van der Waals surface area contributed by atoms with E-state index in [1.165, 1.54) is 25.3 Å². The first-order chi connectivity index (χ1) is 18.5. The fourth-order valence-corrected chi connectivity index (χ4v) is 3.78. The zero-order valence-electron chi connectivity index (χ0n) is 20.5. The Morgan fingerprint density at radius 1 is 1.16 bits per heavy atom. The highest BCUT2D eigenvalue weighted by Crippen LogP contribution is 2.32. The van der Waals surface area contributed by atoms with Crippen molar-refractivity contribution < 1.29 is 14.3 Å². The molecule has 0 saturated heterocycles. The van der Waals surface area contributed by atoms with Gasteiger partial charge in [-0.25, -0.2) is 9.97 Å². The van der Waals surface area contributed by atoms with Gasteiger partial charge in [-0.3, -0.25) is 19.3 Å². The van der Waals surface area contributed by atoms with Crippen molar-refractivity contribution in [3.8, 4) is 22.8 Å². The first kappa shape index (κ1) is 24.3. The minimum Gasteiger partial charge on any atom is -0.437 e. The maximum Gasteiger partial charge on any atom is 0.247 e. The summed E-state index contributed by atoms with van der Waals surface area (Å²) in [6.07, 6.45) is 11.3. The molecule has 1 amide bonds. The number of fused-ring (bicyclic) bond motifs is 1. The number of carbonyl (C=O) groups excluding carboxylic acids is 2. The predicted molar refractivity (Wildman–Crippen MR) is 144 cm³/mol. The van der Waals surface area contributed by atoms with Crippen molar-refractivity contribution in [2.75, 3.05) is 5.32 Å². The van der Waals surface area contributed by atoms with Gasteiger partial charge in [0, 0.05) is 41.5 Å². The van der Waals surface area contributed by atoms with Crippen LogP contribution in [0.2, 0.25) is 0 Å². The summed E-state index contributed by atoms with van der Waals surface area (Å²) in [4.78, 5) is 39.9. The van der Waals surface area contributed by atoms with E-state index in [4.69, 9.17) is 4.74 Å². The van der Waals surface area contributed by atoms with Gasteiger partial charge in [0.2, 0.25) is 11.8 Å². The number of nitrogens with zero attached hydrogens (tertiary/aromatic N) is 5. The number of aromatic amines is 1. The molecule has 5 rings (SSSR count). The molecule has 0 bridgehead atoms. The van der Waals surface area contributed by atoms with Gasteiger partial charge in [0.25, 0.3) is 0 Å². The minimum absolute atomic E-state index is 0.0869. The number of pyridine rings is 1. The molecule has 5 aromatic rings. The molecule has 10 nitrogen and oxygen atoms in total. The van der Waals surface area contributed by atoms with Crippen LogP contribution in [0.3, 0.4) is 0 Å². The number of benzene rings is 1. The van der Waals surface area contributed by atoms with E-state index < -0.39 is 0 Å². The lowest BCUT2D eigenvalue weighted by Gasteiger charge is -2.07. The lowest BCUT2D eigenvalue weighted by Crippen LogP contribution is -2.07. The lowest BCUT2D eigenvalue weighted by atomic mass is 10.1. The molecular weight excluding hydrogens is 482 g/mol. The molecule has 0 fully saturated rings. The Morgan fingerprint density at radius 3 is 2.84 bits per heavy atom. The highest BCUT2D eigenvalue weighted by molar-refractivity contribution is 5.99. The Hall–Kier alpha value is -5.38. The molecule has 0 aliphatic rings. The standard InChI is InChI=1S/C28H23N7O3/c1-3-25(37)32-19-8-6-9-21(13-19)38-26-15-31-28-27(33-26)22(14-30-28)23-17-35(16-20-7-4-5-12-29-20)34-24(23)11-10-18(2)36/h3-15,17H,1,16H2,2H3,(H,30,31)(H,32,37). The maximum atomic E-state index is 11.6. The zero-order chi connectivity index (χ0) is 26.5. The first-order valence-corrected chi connectivity index (χ1v) is 11.7. The highest BCUT2D eigenvalue weighted by Gasteiger charge is 2.17. The van der Waals surface area contributed by atoms with E-state index in [1.807, 2.05) is 24.4 Å². The second kappa shape index (κ2) is 10.7. The quantitative estimate of drug-likeness (QED) is 0.276. The summed E-state index contributed by atoms with van der Waals surface area (Å²) in [5.41, 5.74) is 4.68. The Balaban J connectivity index is 1.49. The third-order valence-corrected chi connectivity index (χ3v) is 5.47. The average Bonchev–Trinajstić information content (AvgIpc) is 3.51. The van der Waals surface area contributed by atoms with E-state index in [2.05, 4.69) is 36.9 Å². The fourth-order valence-electron chi connectivity index (χ4n) is 3.78. The monoisotopic (exact) mass is 505 g/mol. The smallest absolute Gasteiger partial charge is 0.247 e. The summed E-state index contributed by atoms with van der Waals surface area (Å²) < 4.78 is 7.71. The zero-order valence-corrected chi connectivity index (χ0v) is 20.5. The topological polar surface area (TPSA) is 128 Å². The van der Waals surface area contributed by atoms with Gasteiger partial charge in [-0.15, -0.1) is 0 Å². The molecule has 0 spiro atoms. The summed E-state index contributed by atoms with van der Waals surface area (Å²) in [6, 6.07) is 12.6. The van der Waals surface area contributed by atoms with E-state index in [0.717, 1.165) is 16.8 Å². The minimum atomic E-state index is -0.321.